The van der Waals surface area contributed by atoms with Crippen molar-refractivity contribution in [3.63, 3.8) is 0 Å². The van der Waals surface area contributed by atoms with Gasteiger partial charge in [-0.2, -0.15) is 0 Å². The molecule has 102 valence electrons. The minimum absolute atomic E-state index is 0.0281. The van der Waals surface area contributed by atoms with Crippen molar-refractivity contribution in [1.29, 1.82) is 0 Å². The maximum atomic E-state index is 12.5. The monoisotopic (exact) mass is 278 g/mol. The predicted octanol–water partition coefficient (Wildman–Crippen LogP) is 3.66. The predicted molar refractivity (Wildman–Crippen MR) is 76.3 cm³/mol. The molecule has 0 unspecified atom stereocenters. The molecule has 2 heterocycles. The molecule has 0 spiro atoms. The Hall–Kier alpha value is -1.62. The van der Waals surface area contributed by atoms with Crippen LogP contribution in [0.3, 0.4) is 0 Å². The number of nitrogens with zero attached hydrogens (tertiary/aromatic N) is 2. The first-order chi connectivity index (χ1) is 9.00. The van der Waals surface area contributed by atoms with E-state index in [0.717, 1.165) is 5.01 Å². The summed E-state index contributed by atoms with van der Waals surface area (Å²) in [5, 5.41) is 0.737. The van der Waals surface area contributed by atoms with Gasteiger partial charge in [-0.15, -0.1) is 11.3 Å². The highest BCUT2D eigenvalue weighted by Gasteiger charge is 2.23. The van der Waals surface area contributed by atoms with Crippen molar-refractivity contribution >= 4 is 17.2 Å². The van der Waals surface area contributed by atoms with E-state index in [0.29, 0.717) is 10.6 Å². The third-order valence-corrected chi connectivity index (χ3v) is 3.80. The van der Waals surface area contributed by atoms with Gasteiger partial charge < -0.3 is 9.32 Å². The number of hydrogen-bond acceptors (Lipinski definition) is 4. The van der Waals surface area contributed by atoms with Crippen molar-refractivity contribution in [1.82, 2.24) is 9.88 Å². The second-order valence-electron chi connectivity index (χ2n) is 4.91. The van der Waals surface area contributed by atoms with E-state index in [9.17, 15) is 4.79 Å². The first-order valence-electron chi connectivity index (χ1n) is 6.33. The Morgan fingerprint density at radius 3 is 2.53 bits per heavy atom. The minimum Gasteiger partial charge on any atom is -0.462 e. The van der Waals surface area contributed by atoms with Gasteiger partial charge in [-0.05, 0) is 39.8 Å². The van der Waals surface area contributed by atoms with Crippen molar-refractivity contribution in [2.45, 2.75) is 39.8 Å². The molecule has 4 nitrogen and oxygen atoms in total. The summed E-state index contributed by atoms with van der Waals surface area (Å²) < 4.78 is 5.29. The Bertz CT molecular complexity index is 536. The Labute approximate surface area is 117 Å². The van der Waals surface area contributed by atoms with Crippen LogP contribution in [0, 0.1) is 0 Å². The highest BCUT2D eigenvalue weighted by atomic mass is 32.1. The van der Waals surface area contributed by atoms with Gasteiger partial charge in [0.25, 0.3) is 5.91 Å². The third-order valence-electron chi connectivity index (χ3n) is 2.80. The zero-order chi connectivity index (χ0) is 14.0. The Morgan fingerprint density at radius 2 is 2.00 bits per heavy atom. The summed E-state index contributed by atoms with van der Waals surface area (Å²) in [5.74, 6) is 0.727. The van der Waals surface area contributed by atoms with E-state index in [4.69, 9.17) is 4.42 Å². The lowest BCUT2D eigenvalue weighted by Gasteiger charge is -2.30. The van der Waals surface area contributed by atoms with E-state index in [1.807, 2.05) is 44.7 Å². The third kappa shape index (κ3) is 2.87. The van der Waals surface area contributed by atoms with Crippen molar-refractivity contribution in [2.75, 3.05) is 0 Å². The molecular formula is C14H18N2O2S. The van der Waals surface area contributed by atoms with E-state index in [1.165, 1.54) is 11.3 Å². The number of furan rings is 1. The van der Waals surface area contributed by atoms with E-state index in [2.05, 4.69) is 4.98 Å². The molecule has 1 amide bonds. The van der Waals surface area contributed by atoms with Gasteiger partial charge in [0.1, 0.15) is 4.88 Å². The van der Waals surface area contributed by atoms with Crippen LogP contribution < -0.4 is 0 Å². The van der Waals surface area contributed by atoms with Gasteiger partial charge >= 0.3 is 0 Å². The maximum absolute atomic E-state index is 12.5. The molecule has 0 aliphatic heterocycles. The molecule has 0 saturated carbocycles. The lowest BCUT2D eigenvalue weighted by atomic mass is 10.2. The summed E-state index contributed by atoms with van der Waals surface area (Å²) in [6.07, 6.45) is 3.23. The molecule has 0 bridgehead atoms. The molecule has 0 aliphatic carbocycles. The lowest BCUT2D eigenvalue weighted by molar-refractivity contribution is 0.0648. The van der Waals surface area contributed by atoms with E-state index < -0.39 is 0 Å². The molecule has 0 atom stereocenters. The Morgan fingerprint density at radius 1 is 1.32 bits per heavy atom. The quantitative estimate of drug-likeness (QED) is 0.857. The fraction of sp³-hybridized carbons (Fsp3) is 0.429. The smallest absolute Gasteiger partial charge is 0.266 e. The zero-order valence-corrected chi connectivity index (χ0v) is 12.4. The first kappa shape index (κ1) is 13.8. The molecule has 2 aromatic heterocycles. The van der Waals surface area contributed by atoms with Crippen molar-refractivity contribution in [2.24, 2.45) is 0 Å². The van der Waals surface area contributed by atoms with Crippen LogP contribution >= 0.6 is 11.3 Å². The maximum Gasteiger partial charge on any atom is 0.266 e. The van der Waals surface area contributed by atoms with Gasteiger partial charge in [0, 0.05) is 12.1 Å². The number of hydrogen-bond donors (Lipinski definition) is 0. The average molecular weight is 278 g/mol. The van der Waals surface area contributed by atoms with Gasteiger partial charge in [0.05, 0.1) is 12.5 Å². The summed E-state index contributed by atoms with van der Waals surface area (Å²) in [4.78, 5) is 19.2. The van der Waals surface area contributed by atoms with Crippen LogP contribution in [0.15, 0.2) is 29.0 Å². The normalized spacial score (nSPS) is 11.3. The van der Waals surface area contributed by atoms with E-state index in [1.54, 1.807) is 12.5 Å². The van der Waals surface area contributed by atoms with E-state index >= 15 is 0 Å². The lowest BCUT2D eigenvalue weighted by Crippen LogP contribution is -2.41. The molecule has 0 aliphatic rings. The van der Waals surface area contributed by atoms with Crippen LogP contribution in [-0.2, 0) is 0 Å². The molecule has 19 heavy (non-hydrogen) atoms. The van der Waals surface area contributed by atoms with Crippen LogP contribution in [0.2, 0.25) is 0 Å². The number of carbonyl (C=O) groups excluding carboxylic acids is 1. The SMILES string of the molecule is CC(C)N(C(=O)c1cnc(-c2ccco2)s1)C(C)C. The fourth-order valence-electron chi connectivity index (χ4n) is 2.08. The molecule has 0 saturated heterocycles. The van der Waals surface area contributed by atoms with Crippen LogP contribution in [-0.4, -0.2) is 27.9 Å². The van der Waals surface area contributed by atoms with Crippen molar-refractivity contribution in [3.8, 4) is 10.8 Å². The minimum atomic E-state index is 0.0281. The van der Waals surface area contributed by atoms with E-state index in [-0.39, 0.29) is 18.0 Å². The van der Waals surface area contributed by atoms with Crippen LogP contribution in [0.1, 0.15) is 37.4 Å². The second-order valence-corrected chi connectivity index (χ2v) is 5.94. The summed E-state index contributed by atoms with van der Waals surface area (Å²) in [5.41, 5.74) is 0. The molecule has 5 heteroatoms. The molecule has 0 fully saturated rings. The summed E-state index contributed by atoms with van der Waals surface area (Å²) >= 11 is 1.37. The number of rotatable bonds is 4. The number of aromatic nitrogens is 1. The van der Waals surface area contributed by atoms with Gasteiger partial charge in [-0.1, -0.05) is 0 Å². The topological polar surface area (TPSA) is 46.3 Å². The Balaban J connectivity index is 2.25. The standard InChI is InChI=1S/C14H18N2O2S/c1-9(2)16(10(3)4)14(17)12-8-15-13(19-12)11-6-5-7-18-11/h5-10H,1-4H3. The average Bonchev–Trinajstić information content (AvgIpc) is 2.99. The van der Waals surface area contributed by atoms with Crippen LogP contribution in [0.25, 0.3) is 10.8 Å². The number of carbonyl (C=O) groups is 1. The highest BCUT2D eigenvalue weighted by Crippen LogP contribution is 2.27. The first-order valence-corrected chi connectivity index (χ1v) is 7.14. The molecule has 0 N–H and O–H groups in total. The number of thiazole rings is 1. The second kappa shape index (κ2) is 5.57. The number of amides is 1. The molecule has 0 aromatic carbocycles. The zero-order valence-electron chi connectivity index (χ0n) is 11.6. The summed E-state index contributed by atoms with van der Waals surface area (Å²) in [6, 6.07) is 3.99. The van der Waals surface area contributed by atoms with Gasteiger partial charge in [0.2, 0.25) is 0 Å². The fourth-order valence-corrected chi connectivity index (χ4v) is 2.91. The van der Waals surface area contributed by atoms with Gasteiger partial charge in [-0.3, -0.25) is 4.79 Å². The summed E-state index contributed by atoms with van der Waals surface area (Å²) in [6.45, 7) is 8.08. The molecular weight excluding hydrogens is 260 g/mol. The van der Waals surface area contributed by atoms with Gasteiger partial charge in [-0.25, -0.2) is 4.98 Å². The largest absolute Gasteiger partial charge is 0.462 e. The van der Waals surface area contributed by atoms with Gasteiger partial charge in [0.15, 0.2) is 10.8 Å². The van der Waals surface area contributed by atoms with Crippen molar-refractivity contribution in [3.05, 3.63) is 29.5 Å². The molecule has 2 aromatic rings. The van der Waals surface area contributed by atoms with Crippen LogP contribution in [0.5, 0.6) is 0 Å². The summed E-state index contributed by atoms with van der Waals surface area (Å²) in [7, 11) is 0. The van der Waals surface area contributed by atoms with Crippen molar-refractivity contribution < 1.29 is 9.21 Å². The molecule has 2 rings (SSSR count). The van der Waals surface area contributed by atoms with Crippen LogP contribution in [0.4, 0.5) is 0 Å². The Kier molecular flexibility index (Phi) is 4.04. The highest BCUT2D eigenvalue weighted by molar-refractivity contribution is 7.16. The molecule has 0 radical (unpaired) electrons.